The van der Waals surface area contributed by atoms with Crippen LogP contribution in [-0.2, 0) is 14.4 Å². The lowest BCUT2D eigenvalue weighted by Gasteiger charge is -2.57. The lowest BCUT2D eigenvalue weighted by Crippen LogP contribution is -2.54. The van der Waals surface area contributed by atoms with Crippen molar-refractivity contribution >= 4 is 17.5 Å². The number of carboxylic acids is 1. The number of aliphatic carboxylic acids is 1. The topological polar surface area (TPSA) is 71.4 Å². The third kappa shape index (κ3) is 3.14. The molecule has 2 unspecified atom stereocenters. The first-order valence-electron chi connectivity index (χ1n) is 11.3. The Morgan fingerprint density at radius 1 is 1.24 bits per heavy atom. The number of carbonyl (C=O) groups is 3. The van der Waals surface area contributed by atoms with E-state index in [2.05, 4.69) is 20.4 Å². The molecule has 0 bridgehead atoms. The Morgan fingerprint density at radius 3 is 2.69 bits per heavy atom. The summed E-state index contributed by atoms with van der Waals surface area (Å²) in [6.45, 7) is 8.67. The highest BCUT2D eigenvalue weighted by Gasteiger charge is 2.61. The summed E-state index contributed by atoms with van der Waals surface area (Å²) in [7, 11) is 0. The predicted molar refractivity (Wildman–Crippen MR) is 111 cm³/mol. The molecule has 0 aromatic heterocycles. The highest BCUT2D eigenvalue weighted by atomic mass is 16.4. The lowest BCUT2D eigenvalue weighted by atomic mass is 9.46. The van der Waals surface area contributed by atoms with E-state index in [-0.39, 0.29) is 34.9 Å². The summed E-state index contributed by atoms with van der Waals surface area (Å²) in [5.74, 6) is 1.21. The van der Waals surface area contributed by atoms with Crippen LogP contribution >= 0.6 is 0 Å². The molecule has 0 aromatic carbocycles. The van der Waals surface area contributed by atoms with Gasteiger partial charge in [-0.05, 0) is 79.1 Å². The minimum absolute atomic E-state index is 0.00690. The molecule has 0 amide bonds. The number of fused-ring (bicyclic) bond motifs is 5. The van der Waals surface area contributed by atoms with E-state index in [1.54, 1.807) is 6.08 Å². The summed E-state index contributed by atoms with van der Waals surface area (Å²) in [6, 6.07) is 0. The fraction of sp³-hybridized carbons (Fsp3) is 0.720. The van der Waals surface area contributed by atoms with Crippen molar-refractivity contribution in [2.45, 2.75) is 71.6 Å². The zero-order valence-electron chi connectivity index (χ0n) is 17.8. The number of hydrogen-bond acceptors (Lipinski definition) is 3. The largest absolute Gasteiger partial charge is 0.481 e. The number of allylic oxidation sites excluding steroid dienone is 2. The Morgan fingerprint density at radius 2 is 2.00 bits per heavy atom. The second kappa shape index (κ2) is 7.21. The first kappa shape index (κ1) is 20.6. The van der Waals surface area contributed by atoms with Crippen molar-refractivity contribution in [3.05, 3.63) is 24.3 Å². The molecule has 0 aliphatic heterocycles. The first-order chi connectivity index (χ1) is 13.7. The average molecular weight is 399 g/mol. The molecule has 3 saturated carbocycles. The van der Waals surface area contributed by atoms with Crippen LogP contribution in [-0.4, -0.2) is 22.6 Å². The van der Waals surface area contributed by atoms with Crippen LogP contribution in [0.15, 0.2) is 24.3 Å². The summed E-state index contributed by atoms with van der Waals surface area (Å²) >= 11 is 0. The molecule has 0 heterocycles. The van der Waals surface area contributed by atoms with Crippen LogP contribution in [0.4, 0.5) is 0 Å². The van der Waals surface area contributed by atoms with Crippen molar-refractivity contribution in [1.82, 2.24) is 0 Å². The van der Waals surface area contributed by atoms with Crippen LogP contribution in [0, 0.1) is 40.4 Å². The quantitative estimate of drug-likeness (QED) is 0.663. The van der Waals surface area contributed by atoms with Gasteiger partial charge < -0.3 is 5.11 Å². The van der Waals surface area contributed by atoms with Gasteiger partial charge in [-0.3, -0.25) is 14.4 Å². The van der Waals surface area contributed by atoms with E-state index in [1.165, 1.54) is 0 Å². The average Bonchev–Trinajstić information content (AvgIpc) is 3.01. The molecule has 3 fully saturated rings. The number of hydrogen-bond donors (Lipinski definition) is 1. The number of rotatable bonds is 5. The third-order valence-electron chi connectivity index (χ3n) is 9.37. The molecule has 0 radical (unpaired) electrons. The van der Waals surface area contributed by atoms with Gasteiger partial charge in [-0.15, -0.1) is 6.58 Å². The van der Waals surface area contributed by atoms with E-state index >= 15 is 0 Å². The van der Waals surface area contributed by atoms with E-state index in [0.29, 0.717) is 42.8 Å². The van der Waals surface area contributed by atoms with Gasteiger partial charge in [0.15, 0.2) is 5.78 Å². The molecule has 1 N–H and O–H groups in total. The van der Waals surface area contributed by atoms with E-state index in [0.717, 1.165) is 37.7 Å². The van der Waals surface area contributed by atoms with Crippen LogP contribution in [0.5, 0.6) is 0 Å². The van der Waals surface area contributed by atoms with Crippen LogP contribution in [0.3, 0.4) is 0 Å². The van der Waals surface area contributed by atoms with E-state index < -0.39 is 5.97 Å². The number of Topliss-reactive ketones (excluding diaryl/α,β-unsaturated/α-hetero) is 1. The van der Waals surface area contributed by atoms with Crippen LogP contribution < -0.4 is 0 Å². The maximum atomic E-state index is 13.3. The molecule has 4 aliphatic carbocycles. The third-order valence-corrected chi connectivity index (χ3v) is 9.37. The maximum Gasteiger partial charge on any atom is 0.303 e. The molecular weight excluding hydrogens is 364 g/mol. The molecule has 0 spiro atoms. The minimum Gasteiger partial charge on any atom is -0.481 e. The van der Waals surface area contributed by atoms with E-state index in [9.17, 15) is 14.4 Å². The van der Waals surface area contributed by atoms with Gasteiger partial charge in [0.2, 0.25) is 0 Å². The fourth-order valence-electron chi connectivity index (χ4n) is 7.78. The second-order valence-electron chi connectivity index (χ2n) is 10.5. The summed E-state index contributed by atoms with van der Waals surface area (Å²) in [5, 5.41) is 9.14. The van der Waals surface area contributed by atoms with Crippen molar-refractivity contribution in [3.8, 4) is 0 Å². The molecule has 4 rings (SSSR count). The number of ketones is 2. The second-order valence-corrected chi connectivity index (χ2v) is 10.5. The van der Waals surface area contributed by atoms with Crippen molar-refractivity contribution < 1.29 is 19.5 Å². The zero-order valence-corrected chi connectivity index (χ0v) is 17.8. The molecular formula is C25H34O4. The molecule has 4 nitrogen and oxygen atoms in total. The molecule has 4 aliphatic rings. The highest BCUT2D eigenvalue weighted by Crippen LogP contribution is 2.67. The molecule has 4 heteroatoms. The predicted octanol–water partition coefficient (Wildman–Crippen LogP) is 4.98. The zero-order chi connectivity index (χ0) is 21.0. The van der Waals surface area contributed by atoms with Gasteiger partial charge in [0.25, 0.3) is 0 Å². The summed E-state index contributed by atoms with van der Waals surface area (Å²) in [5.41, 5.74) is 1.16. The Kier molecular flexibility index (Phi) is 5.11. The molecule has 158 valence electrons. The Hall–Kier alpha value is -1.71. The van der Waals surface area contributed by atoms with E-state index in [1.807, 2.05) is 6.08 Å². The van der Waals surface area contributed by atoms with Crippen molar-refractivity contribution in [2.75, 3.05) is 0 Å². The smallest absolute Gasteiger partial charge is 0.303 e. The van der Waals surface area contributed by atoms with Gasteiger partial charge in [0, 0.05) is 25.2 Å². The molecule has 0 aromatic rings. The summed E-state index contributed by atoms with van der Waals surface area (Å²) in [6.07, 6.45) is 10.7. The molecule has 29 heavy (non-hydrogen) atoms. The van der Waals surface area contributed by atoms with E-state index in [4.69, 9.17) is 5.11 Å². The van der Waals surface area contributed by atoms with Crippen LogP contribution in [0.25, 0.3) is 0 Å². The van der Waals surface area contributed by atoms with Gasteiger partial charge >= 0.3 is 5.97 Å². The van der Waals surface area contributed by atoms with Crippen molar-refractivity contribution in [3.63, 3.8) is 0 Å². The summed E-state index contributed by atoms with van der Waals surface area (Å²) < 4.78 is 0. The van der Waals surface area contributed by atoms with Gasteiger partial charge in [-0.1, -0.05) is 25.5 Å². The van der Waals surface area contributed by atoms with Crippen molar-refractivity contribution in [2.24, 2.45) is 40.4 Å². The Labute approximate surface area is 173 Å². The van der Waals surface area contributed by atoms with Crippen molar-refractivity contribution in [1.29, 1.82) is 0 Å². The minimum atomic E-state index is -0.748. The van der Waals surface area contributed by atoms with Gasteiger partial charge in [-0.2, -0.15) is 0 Å². The lowest BCUT2D eigenvalue weighted by molar-refractivity contribution is -0.141. The van der Waals surface area contributed by atoms with Crippen LogP contribution in [0.2, 0.25) is 0 Å². The highest BCUT2D eigenvalue weighted by molar-refractivity contribution is 5.95. The Bertz CT molecular complexity index is 780. The number of carboxylic acid groups (broad SMARTS) is 1. The number of carbonyl (C=O) groups excluding carboxylic acids is 2. The SMILES string of the molecule is C=C[C@H](CCC(=O)O)[C@H]1CCC2[C@@H]3C(=O)CC4=CC(=O)CC[C@]4(C)C3CC[C@@]21C. The summed E-state index contributed by atoms with van der Waals surface area (Å²) in [4.78, 5) is 36.4. The molecule has 7 atom stereocenters. The normalized spacial score (nSPS) is 42.3. The standard InChI is InChI=1S/C25H34O4/c1-4-15(5-8-22(28)29)18-6-7-19-23-20(10-12-25(18,19)3)24(2)11-9-17(26)13-16(24)14-21(23)27/h4,13,15,18-20,23H,1,5-12,14H2,2-3H3,(H,28,29)/t15-,18-,19?,20?,23+,24+,25-/m1/s1. The van der Waals surface area contributed by atoms with Crippen LogP contribution in [0.1, 0.15) is 71.6 Å². The van der Waals surface area contributed by atoms with Gasteiger partial charge in [0.05, 0.1) is 0 Å². The molecule has 0 saturated heterocycles. The first-order valence-corrected chi connectivity index (χ1v) is 11.3. The maximum absolute atomic E-state index is 13.3. The van der Waals surface area contributed by atoms with Gasteiger partial charge in [0.1, 0.15) is 5.78 Å². The van der Waals surface area contributed by atoms with Gasteiger partial charge in [-0.25, -0.2) is 0 Å². The fourth-order valence-corrected chi connectivity index (χ4v) is 7.78. The monoisotopic (exact) mass is 398 g/mol. The Balaban J connectivity index is 1.62.